The molecular weight excluding hydrogens is 222 g/mol. The van der Waals surface area contributed by atoms with Crippen LogP contribution in [-0.4, -0.2) is 34.3 Å². The van der Waals surface area contributed by atoms with Gasteiger partial charge in [-0.3, -0.25) is 4.68 Å². The summed E-state index contributed by atoms with van der Waals surface area (Å²) in [6.45, 7) is 7.01. The number of aryl methyl sites for hydroxylation is 1. The molecule has 2 fully saturated rings. The molecule has 2 heterocycles. The maximum Gasteiger partial charge on any atom is 0.0539 e. The number of hydrogen-bond donors (Lipinski definition) is 0. The SMILES string of the molecule is Cc1ccnn1CCN1CC[C@@H]2CCCC[C@H]2C1. The summed E-state index contributed by atoms with van der Waals surface area (Å²) in [6, 6.07) is 2.09. The number of piperidine rings is 1. The summed E-state index contributed by atoms with van der Waals surface area (Å²) in [6.07, 6.45) is 9.26. The van der Waals surface area contributed by atoms with Crippen molar-refractivity contribution in [3.63, 3.8) is 0 Å². The largest absolute Gasteiger partial charge is 0.301 e. The summed E-state index contributed by atoms with van der Waals surface area (Å²) < 4.78 is 2.13. The fourth-order valence-corrected chi connectivity index (χ4v) is 3.75. The smallest absolute Gasteiger partial charge is 0.0539 e. The predicted octanol–water partition coefficient (Wildman–Crippen LogP) is 2.70. The van der Waals surface area contributed by atoms with Crippen LogP contribution >= 0.6 is 0 Å². The number of fused-ring (bicyclic) bond motifs is 1. The van der Waals surface area contributed by atoms with Gasteiger partial charge in [0.05, 0.1) is 6.54 Å². The summed E-state index contributed by atoms with van der Waals surface area (Å²) in [4.78, 5) is 2.66. The molecule has 1 aromatic heterocycles. The summed E-state index contributed by atoms with van der Waals surface area (Å²) in [5.41, 5.74) is 1.28. The van der Waals surface area contributed by atoms with Crippen LogP contribution in [0.1, 0.15) is 37.8 Å². The van der Waals surface area contributed by atoms with Crippen LogP contribution < -0.4 is 0 Å². The van der Waals surface area contributed by atoms with Crippen molar-refractivity contribution in [2.45, 2.75) is 45.6 Å². The van der Waals surface area contributed by atoms with Gasteiger partial charge in [0.1, 0.15) is 0 Å². The Balaban J connectivity index is 1.50. The van der Waals surface area contributed by atoms with Crippen molar-refractivity contribution in [2.75, 3.05) is 19.6 Å². The molecule has 2 aliphatic rings. The third-order valence-corrected chi connectivity index (χ3v) is 4.93. The second kappa shape index (κ2) is 5.43. The van der Waals surface area contributed by atoms with E-state index in [2.05, 4.69) is 27.7 Å². The van der Waals surface area contributed by atoms with Crippen LogP contribution in [0, 0.1) is 18.8 Å². The Hall–Kier alpha value is -0.830. The molecule has 1 aliphatic carbocycles. The highest BCUT2D eigenvalue weighted by Crippen LogP contribution is 2.35. The van der Waals surface area contributed by atoms with Gasteiger partial charge in [-0.15, -0.1) is 0 Å². The van der Waals surface area contributed by atoms with Crippen molar-refractivity contribution in [3.05, 3.63) is 18.0 Å². The van der Waals surface area contributed by atoms with E-state index in [9.17, 15) is 0 Å². The van der Waals surface area contributed by atoms with Crippen molar-refractivity contribution in [3.8, 4) is 0 Å². The van der Waals surface area contributed by atoms with Crippen molar-refractivity contribution in [1.82, 2.24) is 14.7 Å². The molecule has 2 atom stereocenters. The zero-order valence-electron chi connectivity index (χ0n) is 11.5. The molecule has 0 unspecified atom stereocenters. The second-order valence-electron chi connectivity index (χ2n) is 6.09. The molecular formula is C15H25N3. The first kappa shape index (κ1) is 12.2. The van der Waals surface area contributed by atoms with Gasteiger partial charge < -0.3 is 4.90 Å². The van der Waals surface area contributed by atoms with Crippen LogP contribution in [-0.2, 0) is 6.54 Å². The van der Waals surface area contributed by atoms with E-state index in [0.29, 0.717) is 0 Å². The van der Waals surface area contributed by atoms with Crippen LogP contribution in [0.5, 0.6) is 0 Å². The molecule has 0 bridgehead atoms. The quantitative estimate of drug-likeness (QED) is 0.819. The third kappa shape index (κ3) is 2.61. The Morgan fingerprint density at radius 2 is 2.00 bits per heavy atom. The van der Waals surface area contributed by atoms with Crippen molar-refractivity contribution >= 4 is 0 Å². The second-order valence-corrected chi connectivity index (χ2v) is 6.09. The van der Waals surface area contributed by atoms with Crippen molar-refractivity contribution in [2.24, 2.45) is 11.8 Å². The first-order valence-corrected chi connectivity index (χ1v) is 7.54. The Morgan fingerprint density at radius 1 is 1.17 bits per heavy atom. The monoisotopic (exact) mass is 247 g/mol. The fraction of sp³-hybridized carbons (Fsp3) is 0.800. The molecule has 1 saturated heterocycles. The number of likely N-dealkylation sites (tertiary alicyclic amines) is 1. The maximum atomic E-state index is 4.37. The van der Waals surface area contributed by atoms with Gasteiger partial charge in [-0.2, -0.15) is 5.10 Å². The molecule has 0 amide bonds. The lowest BCUT2D eigenvalue weighted by molar-refractivity contribution is 0.0836. The van der Waals surface area contributed by atoms with Crippen LogP contribution in [0.4, 0.5) is 0 Å². The third-order valence-electron chi connectivity index (χ3n) is 4.93. The average Bonchev–Trinajstić information content (AvgIpc) is 2.82. The molecule has 0 aromatic carbocycles. The van der Waals surface area contributed by atoms with Crippen molar-refractivity contribution in [1.29, 1.82) is 0 Å². The van der Waals surface area contributed by atoms with E-state index in [1.54, 1.807) is 0 Å². The minimum atomic E-state index is 0.992. The first-order chi connectivity index (χ1) is 8.83. The number of hydrogen-bond acceptors (Lipinski definition) is 2. The van der Waals surface area contributed by atoms with Gasteiger partial charge in [-0.05, 0) is 44.2 Å². The Morgan fingerprint density at radius 3 is 2.78 bits per heavy atom. The van der Waals surface area contributed by atoms with Crippen LogP contribution in [0.3, 0.4) is 0 Å². The molecule has 1 aromatic rings. The molecule has 0 N–H and O–H groups in total. The fourth-order valence-electron chi connectivity index (χ4n) is 3.75. The Bertz CT molecular complexity index is 385. The topological polar surface area (TPSA) is 21.1 Å². The zero-order chi connectivity index (χ0) is 12.4. The van der Waals surface area contributed by atoms with E-state index in [1.165, 1.54) is 57.4 Å². The first-order valence-electron chi connectivity index (χ1n) is 7.54. The standard InChI is InChI=1S/C15H25N3/c1-13-6-8-16-18(13)11-10-17-9-7-14-4-2-3-5-15(14)12-17/h6,8,14-15H,2-5,7,9-12H2,1H3/t14-,15-/m0/s1. The molecule has 3 heteroatoms. The molecule has 3 nitrogen and oxygen atoms in total. The highest BCUT2D eigenvalue weighted by atomic mass is 15.3. The van der Waals surface area contributed by atoms with E-state index in [4.69, 9.17) is 0 Å². The predicted molar refractivity (Wildman–Crippen MR) is 73.5 cm³/mol. The van der Waals surface area contributed by atoms with Gasteiger partial charge in [0, 0.05) is 25.0 Å². The van der Waals surface area contributed by atoms with E-state index >= 15 is 0 Å². The van der Waals surface area contributed by atoms with E-state index in [1.807, 2.05) is 6.20 Å². The average molecular weight is 247 g/mol. The van der Waals surface area contributed by atoms with Gasteiger partial charge in [0.15, 0.2) is 0 Å². The molecule has 18 heavy (non-hydrogen) atoms. The van der Waals surface area contributed by atoms with Crippen LogP contribution in [0.25, 0.3) is 0 Å². The Kier molecular flexibility index (Phi) is 3.69. The molecule has 1 saturated carbocycles. The lowest BCUT2D eigenvalue weighted by Gasteiger charge is -2.41. The lowest BCUT2D eigenvalue weighted by atomic mass is 9.75. The normalized spacial score (nSPS) is 29.2. The zero-order valence-corrected chi connectivity index (χ0v) is 11.5. The minimum absolute atomic E-state index is 0.992. The van der Waals surface area contributed by atoms with Crippen LogP contribution in [0.15, 0.2) is 12.3 Å². The number of rotatable bonds is 3. The molecule has 0 radical (unpaired) electrons. The van der Waals surface area contributed by atoms with E-state index < -0.39 is 0 Å². The minimum Gasteiger partial charge on any atom is -0.301 e. The summed E-state index contributed by atoms with van der Waals surface area (Å²) in [5.74, 6) is 2.03. The number of nitrogens with zero attached hydrogens (tertiary/aromatic N) is 3. The van der Waals surface area contributed by atoms with Gasteiger partial charge >= 0.3 is 0 Å². The molecule has 100 valence electrons. The van der Waals surface area contributed by atoms with Gasteiger partial charge in [-0.1, -0.05) is 19.3 Å². The maximum absolute atomic E-state index is 4.37. The van der Waals surface area contributed by atoms with E-state index in [-0.39, 0.29) is 0 Å². The van der Waals surface area contributed by atoms with Gasteiger partial charge in [0.2, 0.25) is 0 Å². The highest BCUT2D eigenvalue weighted by molar-refractivity contribution is 4.96. The van der Waals surface area contributed by atoms with Gasteiger partial charge in [0.25, 0.3) is 0 Å². The summed E-state index contributed by atoms with van der Waals surface area (Å²) in [7, 11) is 0. The van der Waals surface area contributed by atoms with Crippen LogP contribution in [0.2, 0.25) is 0 Å². The van der Waals surface area contributed by atoms with Crippen molar-refractivity contribution < 1.29 is 0 Å². The highest BCUT2D eigenvalue weighted by Gasteiger charge is 2.30. The molecule has 1 aliphatic heterocycles. The summed E-state index contributed by atoms with van der Waals surface area (Å²) in [5, 5.41) is 4.37. The molecule has 0 spiro atoms. The summed E-state index contributed by atoms with van der Waals surface area (Å²) >= 11 is 0. The van der Waals surface area contributed by atoms with Gasteiger partial charge in [-0.25, -0.2) is 0 Å². The lowest BCUT2D eigenvalue weighted by Crippen LogP contribution is -2.43. The van der Waals surface area contributed by atoms with E-state index in [0.717, 1.165) is 18.4 Å². The molecule has 3 rings (SSSR count). The Labute approximate surface area is 110 Å². The number of aromatic nitrogens is 2.